The molecule has 0 heterocycles. The highest BCUT2D eigenvalue weighted by Crippen LogP contribution is 2.10. The van der Waals surface area contributed by atoms with Gasteiger partial charge in [0.25, 0.3) is 0 Å². The Morgan fingerprint density at radius 3 is 2.39 bits per heavy atom. The molecule has 0 radical (unpaired) electrons. The Morgan fingerprint density at radius 1 is 1.22 bits per heavy atom. The third-order valence-corrected chi connectivity index (χ3v) is 3.54. The molecule has 1 aromatic rings. The zero-order valence-corrected chi connectivity index (χ0v) is 11.5. The molecule has 0 bridgehead atoms. The molecule has 1 amide bonds. The maximum atomic E-state index is 11.7. The highest BCUT2D eigenvalue weighted by Gasteiger charge is 2.13. The van der Waals surface area contributed by atoms with Crippen LogP contribution in [0.5, 0.6) is 0 Å². The highest BCUT2D eigenvalue weighted by atomic mass is 35.5. The Kier molecular flexibility index (Phi) is 6.01. The predicted octanol–water partition coefficient (Wildman–Crippen LogP) is 1.41. The maximum Gasteiger partial charge on any atom is 0.232 e. The Balaban J connectivity index is 2.52. The van der Waals surface area contributed by atoms with Crippen molar-refractivity contribution < 1.29 is 13.8 Å². The largest absolute Gasteiger partial charge is 0.356 e. The van der Waals surface area contributed by atoms with Gasteiger partial charge in [-0.25, -0.2) is 0 Å². The van der Waals surface area contributed by atoms with Crippen LogP contribution >= 0.6 is 11.6 Å². The number of carbonyl (C=O) groups is 2. The Hall–Kier alpha value is -1.20. The van der Waals surface area contributed by atoms with Gasteiger partial charge in [-0.05, 0) is 31.2 Å². The monoisotopic (exact) mass is 287 g/mol. The summed E-state index contributed by atoms with van der Waals surface area (Å²) in [7, 11) is -1.48. The number of ketones is 1. The first-order valence-corrected chi connectivity index (χ1v) is 7.30. The number of hydrogen-bond acceptors (Lipinski definition) is 3. The van der Waals surface area contributed by atoms with Crippen molar-refractivity contribution in [2.45, 2.75) is 6.92 Å². The van der Waals surface area contributed by atoms with Crippen molar-refractivity contribution >= 4 is 34.1 Å². The van der Waals surface area contributed by atoms with Gasteiger partial charge < -0.3 is 5.32 Å². The summed E-state index contributed by atoms with van der Waals surface area (Å²) in [6.45, 7) is 2.26. The standard InChI is InChI=1S/C12H14ClNO3S/c1-2-14-12(16)8-18(17)7-11(15)9-3-5-10(13)6-4-9/h3-6H,2,7-8H2,1H3,(H,14,16). The van der Waals surface area contributed by atoms with Gasteiger partial charge in [-0.15, -0.1) is 0 Å². The van der Waals surface area contributed by atoms with E-state index in [2.05, 4.69) is 5.32 Å². The minimum absolute atomic E-state index is 0.146. The molecule has 18 heavy (non-hydrogen) atoms. The van der Waals surface area contributed by atoms with Gasteiger partial charge >= 0.3 is 0 Å². The van der Waals surface area contributed by atoms with Gasteiger partial charge in [-0.1, -0.05) is 11.6 Å². The minimum atomic E-state index is -1.48. The lowest BCUT2D eigenvalue weighted by Gasteiger charge is -2.03. The van der Waals surface area contributed by atoms with Crippen molar-refractivity contribution in [1.29, 1.82) is 0 Å². The fourth-order valence-corrected chi connectivity index (χ4v) is 2.39. The number of Topliss-reactive ketones (excluding diaryl/α,β-unsaturated/α-hetero) is 1. The molecule has 0 aliphatic rings. The Bertz CT molecular complexity index is 459. The lowest BCUT2D eigenvalue weighted by atomic mass is 10.1. The van der Waals surface area contributed by atoms with Gasteiger partial charge in [0, 0.05) is 27.9 Å². The van der Waals surface area contributed by atoms with Crippen LogP contribution in [0.4, 0.5) is 0 Å². The summed E-state index contributed by atoms with van der Waals surface area (Å²) in [5, 5.41) is 3.07. The molecule has 0 saturated heterocycles. The molecule has 0 aliphatic heterocycles. The second kappa shape index (κ2) is 7.28. The first kappa shape index (κ1) is 14.9. The Morgan fingerprint density at radius 2 is 1.83 bits per heavy atom. The fraction of sp³-hybridized carbons (Fsp3) is 0.333. The van der Waals surface area contributed by atoms with E-state index in [0.29, 0.717) is 17.1 Å². The molecular weight excluding hydrogens is 274 g/mol. The van der Waals surface area contributed by atoms with E-state index in [1.54, 1.807) is 31.2 Å². The van der Waals surface area contributed by atoms with Gasteiger partial charge in [0.1, 0.15) is 5.75 Å². The summed E-state index contributed by atoms with van der Waals surface area (Å²) in [6, 6.07) is 6.35. The molecular formula is C12H14ClNO3S. The molecule has 0 saturated carbocycles. The first-order valence-electron chi connectivity index (χ1n) is 5.43. The maximum absolute atomic E-state index is 11.7. The fourth-order valence-electron chi connectivity index (χ4n) is 1.31. The van der Waals surface area contributed by atoms with Crippen LogP contribution in [0.25, 0.3) is 0 Å². The van der Waals surface area contributed by atoms with E-state index in [1.165, 1.54) is 0 Å². The average molecular weight is 288 g/mol. The second-order valence-electron chi connectivity index (χ2n) is 3.61. The minimum Gasteiger partial charge on any atom is -0.356 e. The molecule has 6 heteroatoms. The lowest BCUT2D eigenvalue weighted by Crippen LogP contribution is -2.29. The van der Waals surface area contributed by atoms with Crippen LogP contribution in [-0.4, -0.2) is 33.9 Å². The molecule has 1 aromatic carbocycles. The number of hydrogen-bond donors (Lipinski definition) is 1. The number of carbonyl (C=O) groups excluding carboxylic acids is 2. The van der Waals surface area contributed by atoms with Crippen molar-refractivity contribution in [3.63, 3.8) is 0 Å². The van der Waals surface area contributed by atoms with Crippen molar-refractivity contribution in [3.05, 3.63) is 34.9 Å². The second-order valence-corrected chi connectivity index (χ2v) is 5.51. The van der Waals surface area contributed by atoms with E-state index in [9.17, 15) is 13.8 Å². The molecule has 98 valence electrons. The molecule has 0 spiro atoms. The van der Waals surface area contributed by atoms with Gasteiger partial charge in [0.15, 0.2) is 5.78 Å². The zero-order valence-electron chi connectivity index (χ0n) is 9.94. The Labute approximate surface area is 113 Å². The zero-order chi connectivity index (χ0) is 13.5. The molecule has 1 N–H and O–H groups in total. The van der Waals surface area contributed by atoms with E-state index in [4.69, 9.17) is 11.6 Å². The van der Waals surface area contributed by atoms with Crippen LogP contribution in [0, 0.1) is 0 Å². The van der Waals surface area contributed by atoms with Gasteiger partial charge in [-0.3, -0.25) is 13.8 Å². The van der Waals surface area contributed by atoms with Crippen molar-refractivity contribution in [1.82, 2.24) is 5.32 Å². The molecule has 0 fully saturated rings. The number of amides is 1. The van der Waals surface area contributed by atoms with E-state index in [-0.39, 0.29) is 23.2 Å². The van der Waals surface area contributed by atoms with Crippen LogP contribution in [-0.2, 0) is 15.6 Å². The third-order valence-electron chi connectivity index (χ3n) is 2.12. The van der Waals surface area contributed by atoms with Crippen molar-refractivity contribution in [2.75, 3.05) is 18.1 Å². The number of rotatable bonds is 6. The number of benzene rings is 1. The normalized spacial score (nSPS) is 11.9. The van der Waals surface area contributed by atoms with Crippen molar-refractivity contribution in [3.8, 4) is 0 Å². The van der Waals surface area contributed by atoms with Gasteiger partial charge in [0.05, 0.1) is 5.75 Å². The summed E-state index contributed by atoms with van der Waals surface area (Å²) in [4.78, 5) is 22.9. The lowest BCUT2D eigenvalue weighted by molar-refractivity contribution is -0.118. The average Bonchev–Trinajstić information content (AvgIpc) is 2.29. The molecule has 1 rings (SSSR count). The molecule has 1 unspecified atom stereocenters. The van der Waals surface area contributed by atoms with Crippen LogP contribution in [0.1, 0.15) is 17.3 Å². The highest BCUT2D eigenvalue weighted by molar-refractivity contribution is 7.86. The summed E-state index contributed by atoms with van der Waals surface area (Å²) in [5.74, 6) is -0.861. The van der Waals surface area contributed by atoms with Crippen LogP contribution < -0.4 is 5.32 Å². The smallest absolute Gasteiger partial charge is 0.232 e. The van der Waals surface area contributed by atoms with E-state index >= 15 is 0 Å². The first-order chi connectivity index (χ1) is 8.52. The predicted molar refractivity (Wildman–Crippen MR) is 72.3 cm³/mol. The van der Waals surface area contributed by atoms with Gasteiger partial charge in [-0.2, -0.15) is 0 Å². The van der Waals surface area contributed by atoms with Crippen LogP contribution in [0.15, 0.2) is 24.3 Å². The van der Waals surface area contributed by atoms with E-state index in [0.717, 1.165) is 0 Å². The van der Waals surface area contributed by atoms with Crippen LogP contribution in [0.2, 0.25) is 5.02 Å². The third kappa shape index (κ3) is 4.98. The van der Waals surface area contributed by atoms with Gasteiger partial charge in [0.2, 0.25) is 5.91 Å². The van der Waals surface area contributed by atoms with Crippen LogP contribution in [0.3, 0.4) is 0 Å². The quantitative estimate of drug-likeness (QED) is 0.805. The topological polar surface area (TPSA) is 63.2 Å². The van der Waals surface area contributed by atoms with E-state index < -0.39 is 10.8 Å². The number of nitrogens with one attached hydrogen (secondary N) is 1. The molecule has 4 nitrogen and oxygen atoms in total. The van der Waals surface area contributed by atoms with E-state index in [1.807, 2.05) is 0 Å². The summed E-state index contributed by atoms with van der Waals surface area (Å²) >= 11 is 5.70. The molecule has 1 atom stereocenters. The van der Waals surface area contributed by atoms with Crippen molar-refractivity contribution in [2.24, 2.45) is 0 Å². The molecule has 0 aromatic heterocycles. The molecule has 0 aliphatic carbocycles. The SMILES string of the molecule is CCNC(=O)CS(=O)CC(=O)c1ccc(Cl)cc1. The summed E-state index contributed by atoms with van der Waals surface area (Å²) < 4.78 is 11.6. The summed E-state index contributed by atoms with van der Waals surface area (Å²) in [6.07, 6.45) is 0. The summed E-state index contributed by atoms with van der Waals surface area (Å²) in [5.41, 5.74) is 0.448. The number of halogens is 1.